The van der Waals surface area contributed by atoms with E-state index in [-0.39, 0.29) is 17.2 Å². The summed E-state index contributed by atoms with van der Waals surface area (Å²) in [7, 11) is 0. The summed E-state index contributed by atoms with van der Waals surface area (Å²) in [5.41, 5.74) is 2.06. The second kappa shape index (κ2) is 9.63. The van der Waals surface area contributed by atoms with Gasteiger partial charge in [0.05, 0.1) is 5.56 Å². The van der Waals surface area contributed by atoms with Crippen LogP contribution in [0.25, 0.3) is 0 Å². The fourth-order valence-corrected chi connectivity index (χ4v) is 4.54. The highest BCUT2D eigenvalue weighted by Gasteiger charge is 2.19. The first-order valence-corrected chi connectivity index (χ1v) is 11.1. The number of nitrogens with zero attached hydrogens (tertiary/aromatic N) is 2. The van der Waals surface area contributed by atoms with Crippen LogP contribution in [0.15, 0.2) is 83.2 Å². The lowest BCUT2D eigenvalue weighted by Crippen LogP contribution is -2.16. The minimum Gasteiger partial charge on any atom is -0.296 e. The molecule has 3 aromatic carbocycles. The van der Waals surface area contributed by atoms with Crippen molar-refractivity contribution in [2.75, 3.05) is 5.32 Å². The molecule has 1 aromatic heterocycles. The number of hydrogen-bond acceptors (Lipinski definition) is 6. The molecule has 4 aromatic rings. The van der Waals surface area contributed by atoms with Gasteiger partial charge in [0.15, 0.2) is 10.1 Å². The Kier molecular flexibility index (Phi) is 6.49. The summed E-state index contributed by atoms with van der Waals surface area (Å²) in [6.45, 7) is 0. The van der Waals surface area contributed by atoms with E-state index in [1.807, 2.05) is 6.07 Å². The molecule has 31 heavy (non-hydrogen) atoms. The molecule has 0 bridgehead atoms. The minimum atomic E-state index is -0.425. The Hall–Kier alpha value is -3.36. The van der Waals surface area contributed by atoms with E-state index in [2.05, 4.69) is 15.5 Å². The Labute approximate surface area is 186 Å². The Morgan fingerprint density at radius 2 is 1.55 bits per heavy atom. The lowest BCUT2D eigenvalue weighted by Gasteiger charge is -2.08. The first-order valence-electron chi connectivity index (χ1n) is 9.31. The maximum atomic E-state index is 13.0. The normalized spacial score (nSPS) is 10.6. The van der Waals surface area contributed by atoms with Gasteiger partial charge in [0.1, 0.15) is 5.82 Å². The van der Waals surface area contributed by atoms with Crippen molar-refractivity contribution >= 4 is 39.9 Å². The van der Waals surface area contributed by atoms with Crippen LogP contribution in [0, 0.1) is 5.82 Å². The lowest BCUT2D eigenvalue weighted by molar-refractivity contribution is 0.0996. The summed E-state index contributed by atoms with van der Waals surface area (Å²) in [4.78, 5) is 25.7. The molecule has 1 N–H and O–H groups in total. The largest absolute Gasteiger partial charge is 0.296 e. The van der Waals surface area contributed by atoms with Gasteiger partial charge in [-0.2, -0.15) is 0 Å². The fraction of sp³-hybridized carbons (Fsp3) is 0.0435. The average Bonchev–Trinajstić information content (AvgIpc) is 3.26. The van der Waals surface area contributed by atoms with Crippen molar-refractivity contribution in [1.82, 2.24) is 10.2 Å². The summed E-state index contributed by atoms with van der Waals surface area (Å²) < 4.78 is 13.7. The maximum absolute atomic E-state index is 13.0. The highest BCUT2D eigenvalue weighted by atomic mass is 32.2. The molecule has 5 nitrogen and oxygen atoms in total. The van der Waals surface area contributed by atoms with Gasteiger partial charge in [0.2, 0.25) is 5.13 Å². The number of carbonyl (C=O) groups excluding carboxylic acids is 2. The molecular formula is C23H16FN3O2S2. The van der Waals surface area contributed by atoms with Crippen molar-refractivity contribution in [3.05, 3.63) is 107 Å². The highest BCUT2D eigenvalue weighted by Crippen LogP contribution is 2.29. The third-order valence-electron chi connectivity index (χ3n) is 4.35. The number of thioether (sulfide) groups is 1. The van der Waals surface area contributed by atoms with Crippen molar-refractivity contribution in [3.8, 4) is 0 Å². The quantitative estimate of drug-likeness (QED) is 0.231. The number of nitrogens with one attached hydrogen (secondary N) is 1. The molecule has 0 unspecified atom stereocenters. The number of benzene rings is 3. The molecule has 0 atom stereocenters. The Morgan fingerprint density at radius 1 is 0.871 bits per heavy atom. The van der Waals surface area contributed by atoms with E-state index in [1.165, 1.54) is 35.2 Å². The molecular weight excluding hydrogens is 433 g/mol. The van der Waals surface area contributed by atoms with E-state index >= 15 is 0 Å². The predicted octanol–water partition coefficient (Wildman–Crippen LogP) is 5.45. The average molecular weight is 450 g/mol. The summed E-state index contributed by atoms with van der Waals surface area (Å²) in [6.07, 6.45) is 0. The predicted molar refractivity (Wildman–Crippen MR) is 120 cm³/mol. The molecule has 8 heteroatoms. The number of ketones is 1. The first kappa shape index (κ1) is 20.9. The van der Waals surface area contributed by atoms with Crippen LogP contribution >= 0.6 is 23.1 Å². The van der Waals surface area contributed by atoms with Crippen molar-refractivity contribution in [2.24, 2.45) is 0 Å². The smallest absolute Gasteiger partial charge is 0.258 e. The molecule has 0 fully saturated rings. The van der Waals surface area contributed by atoms with Gasteiger partial charge in [-0.1, -0.05) is 83.8 Å². The van der Waals surface area contributed by atoms with Gasteiger partial charge >= 0.3 is 0 Å². The van der Waals surface area contributed by atoms with Crippen molar-refractivity contribution in [2.45, 2.75) is 10.1 Å². The van der Waals surface area contributed by atoms with Gasteiger partial charge in [-0.3, -0.25) is 14.9 Å². The van der Waals surface area contributed by atoms with Crippen LogP contribution in [0.2, 0.25) is 0 Å². The topological polar surface area (TPSA) is 72.0 Å². The summed E-state index contributed by atoms with van der Waals surface area (Å²) in [5, 5.41) is 11.2. The van der Waals surface area contributed by atoms with E-state index < -0.39 is 5.91 Å². The molecule has 0 saturated heterocycles. The number of hydrogen-bond donors (Lipinski definition) is 1. The molecule has 4 rings (SSSR count). The van der Waals surface area contributed by atoms with Gasteiger partial charge in [0.25, 0.3) is 5.91 Å². The molecule has 0 spiro atoms. The van der Waals surface area contributed by atoms with Crippen molar-refractivity contribution in [3.63, 3.8) is 0 Å². The molecule has 0 aliphatic rings. The highest BCUT2D eigenvalue weighted by molar-refractivity contribution is 8.00. The summed E-state index contributed by atoms with van der Waals surface area (Å²) >= 11 is 2.68. The lowest BCUT2D eigenvalue weighted by atomic mass is 9.98. The van der Waals surface area contributed by atoms with Crippen LogP contribution in [0.1, 0.15) is 31.8 Å². The van der Waals surface area contributed by atoms with Gasteiger partial charge in [-0.05, 0) is 23.8 Å². The van der Waals surface area contributed by atoms with E-state index in [0.29, 0.717) is 26.4 Å². The van der Waals surface area contributed by atoms with Crippen molar-refractivity contribution < 1.29 is 14.0 Å². The van der Waals surface area contributed by atoms with Crippen molar-refractivity contribution in [1.29, 1.82) is 0 Å². The zero-order chi connectivity index (χ0) is 21.6. The standard InChI is InChI=1S/C23H16FN3O2S2/c24-17-12-10-15(11-13-17)14-30-23-27-26-22(31-23)25-21(29)19-9-5-4-8-18(19)20(28)16-6-2-1-3-7-16/h1-13H,14H2,(H,25,26,29). The van der Waals surface area contributed by atoms with Crippen LogP contribution < -0.4 is 5.32 Å². The fourth-order valence-electron chi connectivity index (χ4n) is 2.83. The van der Waals surface area contributed by atoms with Crippen LogP contribution in [-0.4, -0.2) is 21.9 Å². The SMILES string of the molecule is O=C(Nc1nnc(SCc2ccc(F)cc2)s1)c1ccccc1C(=O)c1ccccc1. The first-order chi connectivity index (χ1) is 15.1. The van der Waals surface area contributed by atoms with E-state index in [0.717, 1.165) is 5.56 Å². The molecule has 0 aliphatic carbocycles. The van der Waals surface area contributed by atoms with Crippen LogP contribution in [0.3, 0.4) is 0 Å². The zero-order valence-corrected chi connectivity index (χ0v) is 17.8. The van der Waals surface area contributed by atoms with Crippen LogP contribution in [-0.2, 0) is 5.75 Å². The maximum Gasteiger partial charge on any atom is 0.258 e. The summed E-state index contributed by atoms with van der Waals surface area (Å²) in [6, 6.07) is 21.7. The number of amides is 1. The van der Waals surface area contributed by atoms with Crippen LogP contribution in [0.4, 0.5) is 9.52 Å². The Balaban J connectivity index is 1.44. The number of rotatable bonds is 7. The van der Waals surface area contributed by atoms with E-state index in [4.69, 9.17) is 0 Å². The third-order valence-corrected chi connectivity index (χ3v) is 6.40. The van der Waals surface area contributed by atoms with Gasteiger partial charge in [-0.15, -0.1) is 10.2 Å². The second-order valence-corrected chi connectivity index (χ2v) is 8.68. The number of anilines is 1. The minimum absolute atomic E-state index is 0.223. The monoisotopic (exact) mass is 449 g/mol. The molecule has 1 amide bonds. The number of carbonyl (C=O) groups is 2. The van der Waals surface area contributed by atoms with E-state index in [1.54, 1.807) is 60.7 Å². The van der Waals surface area contributed by atoms with Gasteiger partial charge in [-0.25, -0.2) is 4.39 Å². The molecule has 0 aliphatic heterocycles. The summed E-state index contributed by atoms with van der Waals surface area (Å²) in [5.74, 6) is -0.317. The number of aromatic nitrogens is 2. The third kappa shape index (κ3) is 5.22. The zero-order valence-electron chi connectivity index (χ0n) is 16.1. The van der Waals surface area contributed by atoms with Gasteiger partial charge in [0, 0.05) is 16.9 Å². The van der Waals surface area contributed by atoms with E-state index in [9.17, 15) is 14.0 Å². The van der Waals surface area contributed by atoms with Crippen LogP contribution in [0.5, 0.6) is 0 Å². The Bertz CT molecular complexity index is 1210. The molecule has 0 radical (unpaired) electrons. The van der Waals surface area contributed by atoms with Gasteiger partial charge < -0.3 is 0 Å². The molecule has 0 saturated carbocycles. The molecule has 1 heterocycles. The number of halogens is 1. The Morgan fingerprint density at radius 3 is 2.29 bits per heavy atom. The second-order valence-electron chi connectivity index (χ2n) is 6.48. The molecule has 154 valence electrons.